The molecule has 0 unspecified atom stereocenters. The second kappa shape index (κ2) is 8.14. The van der Waals surface area contributed by atoms with Crippen molar-refractivity contribution in [3.63, 3.8) is 0 Å². The zero-order chi connectivity index (χ0) is 20.2. The van der Waals surface area contributed by atoms with Gasteiger partial charge in [0, 0.05) is 11.8 Å². The third-order valence-corrected chi connectivity index (χ3v) is 4.78. The highest BCUT2D eigenvalue weighted by Crippen LogP contribution is 2.17. The maximum atomic E-state index is 12.6. The molecule has 0 saturated carbocycles. The second-order valence-electron chi connectivity index (χ2n) is 6.86. The Balaban J connectivity index is 1.59. The van der Waals surface area contributed by atoms with Crippen molar-refractivity contribution in [3.8, 4) is 5.75 Å². The number of aromatic nitrogens is 3. The normalized spacial score (nSPS) is 10.8. The average Bonchev–Trinajstić information content (AvgIpc) is 3.11. The van der Waals surface area contributed by atoms with Crippen LogP contribution < -0.4 is 10.1 Å². The molecule has 0 radical (unpaired) electrons. The van der Waals surface area contributed by atoms with Gasteiger partial charge in [0.1, 0.15) is 17.1 Å². The Bertz CT molecular complexity index is 1150. The van der Waals surface area contributed by atoms with Gasteiger partial charge in [0.25, 0.3) is 5.91 Å². The highest BCUT2D eigenvalue weighted by Gasteiger charge is 2.14. The molecule has 146 valence electrons. The maximum absolute atomic E-state index is 12.6. The van der Waals surface area contributed by atoms with Crippen molar-refractivity contribution in [1.29, 1.82) is 0 Å². The minimum atomic E-state index is -0.175. The Labute approximate surface area is 169 Å². The fourth-order valence-electron chi connectivity index (χ4n) is 3.21. The molecule has 2 aromatic heterocycles. The number of nitrogens with one attached hydrogen (secondary N) is 1. The van der Waals surface area contributed by atoms with E-state index in [1.807, 2.05) is 22.8 Å². The second-order valence-corrected chi connectivity index (χ2v) is 6.86. The highest BCUT2D eigenvalue weighted by molar-refractivity contribution is 5.94. The van der Waals surface area contributed by atoms with Gasteiger partial charge in [-0.3, -0.25) is 4.79 Å². The lowest BCUT2D eigenvalue weighted by Gasteiger charge is -2.11. The van der Waals surface area contributed by atoms with Crippen LogP contribution in [0.25, 0.3) is 11.2 Å². The Morgan fingerprint density at radius 2 is 1.93 bits per heavy atom. The van der Waals surface area contributed by atoms with Gasteiger partial charge in [0.05, 0.1) is 20.2 Å². The SMILES string of the molecule is COc1cccc(C(=O)NCc2nc3cccnc3n2Cc2ccc(C)cc2)c1. The molecule has 6 nitrogen and oxygen atoms in total. The summed E-state index contributed by atoms with van der Waals surface area (Å²) in [4.78, 5) is 21.8. The lowest BCUT2D eigenvalue weighted by atomic mass is 10.1. The van der Waals surface area contributed by atoms with Gasteiger partial charge in [-0.15, -0.1) is 0 Å². The number of hydrogen-bond acceptors (Lipinski definition) is 4. The molecule has 0 fully saturated rings. The van der Waals surface area contributed by atoms with Crippen LogP contribution in [-0.2, 0) is 13.1 Å². The van der Waals surface area contributed by atoms with Gasteiger partial charge >= 0.3 is 0 Å². The summed E-state index contributed by atoms with van der Waals surface area (Å²) in [6.45, 7) is 3.01. The number of rotatable bonds is 6. The Morgan fingerprint density at radius 3 is 2.72 bits per heavy atom. The first kappa shape index (κ1) is 18.7. The molecule has 4 rings (SSSR count). The van der Waals surface area contributed by atoms with Crippen molar-refractivity contribution in [2.75, 3.05) is 7.11 Å². The lowest BCUT2D eigenvalue weighted by Crippen LogP contribution is -2.25. The van der Waals surface area contributed by atoms with Crippen molar-refractivity contribution in [3.05, 3.63) is 89.4 Å². The molecule has 2 heterocycles. The van der Waals surface area contributed by atoms with Gasteiger partial charge in [-0.05, 0) is 42.8 Å². The maximum Gasteiger partial charge on any atom is 0.251 e. The molecular formula is C23H22N4O2. The summed E-state index contributed by atoms with van der Waals surface area (Å²) < 4.78 is 7.24. The van der Waals surface area contributed by atoms with Gasteiger partial charge in [-0.2, -0.15) is 0 Å². The molecule has 29 heavy (non-hydrogen) atoms. The number of imidazole rings is 1. The van der Waals surface area contributed by atoms with Crippen LogP contribution in [-0.4, -0.2) is 27.6 Å². The topological polar surface area (TPSA) is 69.0 Å². The van der Waals surface area contributed by atoms with Crippen LogP contribution in [0.2, 0.25) is 0 Å². The fourth-order valence-corrected chi connectivity index (χ4v) is 3.21. The van der Waals surface area contributed by atoms with E-state index in [0.29, 0.717) is 24.4 Å². The van der Waals surface area contributed by atoms with Crippen LogP contribution in [0.15, 0.2) is 66.9 Å². The van der Waals surface area contributed by atoms with Crippen LogP contribution >= 0.6 is 0 Å². The smallest absolute Gasteiger partial charge is 0.251 e. The average molecular weight is 386 g/mol. The van der Waals surface area contributed by atoms with Crippen molar-refractivity contribution in [2.45, 2.75) is 20.0 Å². The number of benzene rings is 2. The summed E-state index contributed by atoms with van der Waals surface area (Å²) in [7, 11) is 1.58. The number of ether oxygens (including phenoxy) is 1. The van der Waals surface area contributed by atoms with Crippen LogP contribution in [0.5, 0.6) is 5.75 Å². The Hall–Kier alpha value is -3.67. The summed E-state index contributed by atoms with van der Waals surface area (Å²) in [6.07, 6.45) is 1.76. The fraction of sp³-hybridized carbons (Fsp3) is 0.174. The lowest BCUT2D eigenvalue weighted by molar-refractivity contribution is 0.0949. The monoisotopic (exact) mass is 386 g/mol. The minimum Gasteiger partial charge on any atom is -0.497 e. The van der Waals surface area contributed by atoms with Gasteiger partial charge < -0.3 is 14.6 Å². The number of carbonyl (C=O) groups excluding carboxylic acids is 1. The van der Waals surface area contributed by atoms with E-state index < -0.39 is 0 Å². The third kappa shape index (κ3) is 4.11. The third-order valence-electron chi connectivity index (χ3n) is 4.78. The quantitative estimate of drug-likeness (QED) is 0.548. The number of pyridine rings is 1. The summed E-state index contributed by atoms with van der Waals surface area (Å²) >= 11 is 0. The molecule has 0 aliphatic heterocycles. The van der Waals surface area contributed by atoms with Crippen LogP contribution in [0.3, 0.4) is 0 Å². The highest BCUT2D eigenvalue weighted by atomic mass is 16.5. The zero-order valence-corrected chi connectivity index (χ0v) is 16.4. The minimum absolute atomic E-state index is 0.175. The van der Waals surface area contributed by atoms with E-state index in [0.717, 1.165) is 22.6 Å². The van der Waals surface area contributed by atoms with E-state index in [1.165, 1.54) is 5.56 Å². The predicted octanol–water partition coefficient (Wildman–Crippen LogP) is 3.73. The number of aryl methyl sites for hydroxylation is 1. The Morgan fingerprint density at radius 1 is 1.10 bits per heavy atom. The van der Waals surface area contributed by atoms with E-state index in [4.69, 9.17) is 4.74 Å². The molecule has 0 spiro atoms. The molecule has 2 aromatic carbocycles. The van der Waals surface area contributed by atoms with E-state index in [9.17, 15) is 4.79 Å². The summed E-state index contributed by atoms with van der Waals surface area (Å²) in [5, 5.41) is 2.96. The van der Waals surface area contributed by atoms with E-state index in [-0.39, 0.29) is 5.91 Å². The van der Waals surface area contributed by atoms with Crippen LogP contribution in [0, 0.1) is 6.92 Å². The van der Waals surface area contributed by atoms with Crippen LogP contribution in [0.1, 0.15) is 27.3 Å². The number of amides is 1. The first-order chi connectivity index (χ1) is 14.1. The van der Waals surface area contributed by atoms with E-state index >= 15 is 0 Å². The number of carbonyl (C=O) groups is 1. The predicted molar refractivity (Wildman–Crippen MR) is 112 cm³/mol. The number of methoxy groups -OCH3 is 1. The van der Waals surface area contributed by atoms with Gasteiger partial charge in [-0.1, -0.05) is 35.9 Å². The van der Waals surface area contributed by atoms with Crippen molar-refractivity contribution in [2.24, 2.45) is 0 Å². The largest absolute Gasteiger partial charge is 0.497 e. The standard InChI is InChI=1S/C23H22N4O2/c1-16-8-10-17(11-9-16)15-27-21(26-20-7-4-12-24-22(20)27)14-25-23(28)18-5-3-6-19(13-18)29-2/h3-13H,14-15H2,1-2H3,(H,25,28). The molecule has 6 heteroatoms. The first-order valence-electron chi connectivity index (χ1n) is 9.42. The molecule has 4 aromatic rings. The summed E-state index contributed by atoms with van der Waals surface area (Å²) in [5.74, 6) is 1.23. The first-order valence-corrected chi connectivity index (χ1v) is 9.42. The molecule has 0 atom stereocenters. The molecule has 0 aliphatic carbocycles. The van der Waals surface area contributed by atoms with Crippen molar-refractivity contribution >= 4 is 17.1 Å². The van der Waals surface area contributed by atoms with E-state index in [1.54, 1.807) is 31.5 Å². The van der Waals surface area contributed by atoms with Crippen molar-refractivity contribution in [1.82, 2.24) is 19.9 Å². The summed E-state index contributed by atoms with van der Waals surface area (Å²) in [6, 6.07) is 19.3. The van der Waals surface area contributed by atoms with Gasteiger partial charge in [0.2, 0.25) is 0 Å². The van der Waals surface area contributed by atoms with E-state index in [2.05, 4.69) is 46.5 Å². The molecule has 1 amide bonds. The summed E-state index contributed by atoms with van der Waals surface area (Å²) in [5.41, 5.74) is 4.53. The van der Waals surface area contributed by atoms with Gasteiger partial charge in [-0.25, -0.2) is 9.97 Å². The number of nitrogens with zero attached hydrogens (tertiary/aromatic N) is 3. The molecule has 1 N–H and O–H groups in total. The van der Waals surface area contributed by atoms with Gasteiger partial charge in [0.15, 0.2) is 5.65 Å². The molecule has 0 saturated heterocycles. The van der Waals surface area contributed by atoms with Crippen LogP contribution in [0.4, 0.5) is 0 Å². The molecular weight excluding hydrogens is 364 g/mol. The Kier molecular flexibility index (Phi) is 5.24. The number of hydrogen-bond donors (Lipinski definition) is 1. The van der Waals surface area contributed by atoms with Crippen molar-refractivity contribution < 1.29 is 9.53 Å². The molecule has 0 aliphatic rings. The molecule has 0 bridgehead atoms. The number of fused-ring (bicyclic) bond motifs is 1. The zero-order valence-electron chi connectivity index (χ0n) is 16.4.